The Kier molecular flexibility index (Phi) is 7.01. The number of primary amides is 1. The quantitative estimate of drug-likeness (QED) is 0.435. The fraction of sp³-hybridized carbons (Fsp3) is 0.429. The van der Waals surface area contributed by atoms with Crippen LogP contribution < -0.4 is 15.8 Å². The van der Waals surface area contributed by atoms with E-state index in [1.807, 2.05) is 0 Å². The van der Waals surface area contributed by atoms with Crippen LogP contribution in [0, 0.1) is 6.92 Å². The highest BCUT2D eigenvalue weighted by atomic mass is 32.2. The molecule has 0 saturated carbocycles. The number of aryl methyl sites for hydroxylation is 1. The van der Waals surface area contributed by atoms with Gasteiger partial charge in [0.2, 0.25) is 5.91 Å². The van der Waals surface area contributed by atoms with Crippen LogP contribution in [0.15, 0.2) is 39.8 Å². The second-order valence-electron chi connectivity index (χ2n) is 7.40. The molecular weight excluding hydrogens is 422 g/mol. The van der Waals surface area contributed by atoms with Crippen LogP contribution in [0.3, 0.4) is 0 Å². The first kappa shape index (κ1) is 22.8. The van der Waals surface area contributed by atoms with Crippen LogP contribution in [0.5, 0.6) is 5.75 Å². The highest BCUT2D eigenvalue weighted by Gasteiger charge is 2.46. The lowest BCUT2D eigenvalue weighted by molar-refractivity contribution is -0.122. The molecule has 1 aliphatic heterocycles. The van der Waals surface area contributed by atoms with E-state index in [2.05, 4.69) is 16.3 Å². The second kappa shape index (κ2) is 9.52. The third-order valence-electron chi connectivity index (χ3n) is 5.32. The highest BCUT2D eigenvalue weighted by molar-refractivity contribution is 8.02. The topological polar surface area (TPSA) is 134 Å². The van der Waals surface area contributed by atoms with Gasteiger partial charge in [-0.1, -0.05) is 5.16 Å². The first-order valence-electron chi connectivity index (χ1n) is 9.95. The number of nitrogens with zero attached hydrogens (tertiary/aromatic N) is 1. The van der Waals surface area contributed by atoms with Crippen molar-refractivity contribution in [3.63, 3.8) is 0 Å². The van der Waals surface area contributed by atoms with Gasteiger partial charge in [-0.3, -0.25) is 13.8 Å². The second-order valence-corrected chi connectivity index (χ2v) is 10.0. The first-order valence-corrected chi connectivity index (χ1v) is 11.7. The number of amides is 2. The summed E-state index contributed by atoms with van der Waals surface area (Å²) in [6.07, 6.45) is 1.15. The van der Waals surface area contributed by atoms with E-state index in [9.17, 15) is 13.8 Å². The molecule has 31 heavy (non-hydrogen) atoms. The van der Waals surface area contributed by atoms with E-state index in [1.165, 1.54) is 0 Å². The van der Waals surface area contributed by atoms with Crippen LogP contribution in [-0.4, -0.2) is 58.2 Å². The van der Waals surface area contributed by atoms with Crippen LogP contribution >= 0.6 is 0 Å². The largest absolute Gasteiger partial charge is 0.494 e. The number of rotatable bonds is 9. The Morgan fingerprint density at radius 3 is 2.55 bits per heavy atom. The summed E-state index contributed by atoms with van der Waals surface area (Å²) in [4.78, 5) is 24.5. The van der Waals surface area contributed by atoms with Gasteiger partial charge in [0.15, 0.2) is 5.69 Å². The van der Waals surface area contributed by atoms with E-state index < -0.39 is 20.2 Å². The van der Waals surface area contributed by atoms with E-state index in [1.54, 1.807) is 37.3 Å². The summed E-state index contributed by atoms with van der Waals surface area (Å²) in [5.74, 6) is 4.13. The van der Waals surface area contributed by atoms with E-state index >= 15 is 0 Å². The third kappa shape index (κ3) is 4.91. The van der Waals surface area contributed by atoms with Gasteiger partial charge in [0, 0.05) is 40.2 Å². The maximum atomic E-state index is 13.5. The van der Waals surface area contributed by atoms with Crippen molar-refractivity contribution in [2.75, 3.05) is 26.4 Å². The summed E-state index contributed by atoms with van der Waals surface area (Å²) in [5.41, 5.74) is 5.87. The van der Waals surface area contributed by atoms with Crippen LogP contribution in [0.4, 0.5) is 0 Å². The number of nitrogens with two attached hydrogens (primary N) is 1. The van der Waals surface area contributed by atoms with Crippen molar-refractivity contribution < 1.29 is 27.8 Å². The molecule has 3 rings (SSSR count). The molecule has 0 radical (unpaired) electrons. The molecule has 3 N–H and O–H groups in total. The molecule has 1 aromatic carbocycles. The minimum Gasteiger partial charge on any atom is -0.494 e. The van der Waals surface area contributed by atoms with E-state index in [0.29, 0.717) is 49.2 Å². The Balaban J connectivity index is 1.53. The molecule has 0 spiro atoms. The minimum absolute atomic E-state index is 0.240. The van der Waals surface area contributed by atoms with Gasteiger partial charge < -0.3 is 25.0 Å². The lowest BCUT2D eigenvalue weighted by atomic mass is 9.98. The van der Waals surface area contributed by atoms with Crippen molar-refractivity contribution in [1.29, 1.82) is 0 Å². The molecule has 1 unspecified atom stereocenters. The number of hydrogen-bond donors (Lipinski definition) is 2. The molecule has 9 nitrogen and oxygen atoms in total. The minimum atomic E-state index is -2.97. The van der Waals surface area contributed by atoms with Crippen LogP contribution in [-0.2, 0) is 19.1 Å². The number of benzene rings is 1. The molecule has 10 heteroatoms. The number of carbonyl (C=O) groups is 2. The Labute approximate surface area is 181 Å². The Bertz CT molecular complexity index is 1020. The Morgan fingerprint density at radius 1 is 1.29 bits per heavy atom. The molecule has 1 aliphatic rings. The molecule has 168 valence electrons. The molecule has 2 aromatic rings. The fourth-order valence-corrected chi connectivity index (χ4v) is 5.63. The summed E-state index contributed by atoms with van der Waals surface area (Å²) in [6, 6.07) is 8.24. The van der Waals surface area contributed by atoms with Crippen LogP contribution in [0.25, 0.3) is 0 Å². The lowest BCUT2D eigenvalue weighted by Gasteiger charge is -2.37. The number of nitrogens with one attached hydrogen (secondary N) is 1. The molecule has 2 amide bonds. The fourth-order valence-electron chi connectivity index (χ4n) is 3.45. The van der Waals surface area contributed by atoms with Gasteiger partial charge in [0.25, 0.3) is 5.91 Å². The lowest BCUT2D eigenvalue weighted by Crippen LogP contribution is -2.53. The van der Waals surface area contributed by atoms with Crippen LogP contribution in [0.2, 0.25) is 0 Å². The third-order valence-corrected chi connectivity index (χ3v) is 8.23. The van der Waals surface area contributed by atoms with E-state index in [-0.39, 0.29) is 24.4 Å². The van der Waals surface area contributed by atoms with Crippen molar-refractivity contribution in [3.05, 3.63) is 41.8 Å². The van der Waals surface area contributed by atoms with Gasteiger partial charge in [-0.15, -0.1) is 0 Å². The van der Waals surface area contributed by atoms with Gasteiger partial charge >= 0.3 is 0 Å². The molecular formula is C21H27N3O6S. The SMILES string of the molecule is C=S(=O)(c1ccc(OCCCNC(=O)c2cc(C)on2)cc1)C1(C(N)=O)CCOCC1. The normalized spacial score (nSPS) is 17.5. The molecule has 1 aromatic heterocycles. The van der Waals surface area contributed by atoms with Crippen molar-refractivity contribution in [2.24, 2.45) is 5.73 Å². The standard InChI is InChI=1S/C21H27N3O6S/c1-15-14-18(24-30-15)19(25)23-10-3-11-29-16-4-6-17(7-5-16)31(2,27)21(20(22)26)8-12-28-13-9-21/h4-7,14H,2-3,8-13H2,1H3,(H2,22,26)(H,23,25). The Morgan fingerprint density at radius 2 is 1.97 bits per heavy atom. The van der Waals surface area contributed by atoms with Gasteiger partial charge in [0.1, 0.15) is 16.3 Å². The summed E-state index contributed by atoms with van der Waals surface area (Å²) < 4.78 is 28.2. The molecule has 2 heterocycles. The molecule has 1 fully saturated rings. The van der Waals surface area contributed by atoms with Crippen molar-refractivity contribution in [1.82, 2.24) is 10.5 Å². The predicted octanol–water partition coefficient (Wildman–Crippen LogP) is 1.29. The summed E-state index contributed by atoms with van der Waals surface area (Å²) >= 11 is 0. The molecule has 0 aliphatic carbocycles. The van der Waals surface area contributed by atoms with Gasteiger partial charge in [-0.05, 0) is 56.3 Å². The van der Waals surface area contributed by atoms with E-state index in [0.717, 1.165) is 0 Å². The van der Waals surface area contributed by atoms with Gasteiger partial charge in [-0.25, -0.2) is 0 Å². The van der Waals surface area contributed by atoms with Crippen molar-refractivity contribution >= 4 is 27.2 Å². The van der Waals surface area contributed by atoms with Gasteiger partial charge in [-0.2, -0.15) is 0 Å². The number of ether oxygens (including phenoxy) is 2. The predicted molar refractivity (Wildman–Crippen MR) is 116 cm³/mol. The zero-order valence-corrected chi connectivity index (χ0v) is 18.2. The van der Waals surface area contributed by atoms with E-state index in [4.69, 9.17) is 19.7 Å². The van der Waals surface area contributed by atoms with Crippen molar-refractivity contribution in [3.8, 4) is 5.75 Å². The average molecular weight is 450 g/mol. The van der Waals surface area contributed by atoms with Crippen molar-refractivity contribution in [2.45, 2.75) is 35.8 Å². The summed E-state index contributed by atoms with van der Waals surface area (Å²) in [7, 11) is -2.97. The highest BCUT2D eigenvalue weighted by Crippen LogP contribution is 2.35. The summed E-state index contributed by atoms with van der Waals surface area (Å²) in [6.45, 7) is 3.15. The number of aromatic nitrogens is 1. The number of hydrogen-bond acceptors (Lipinski definition) is 7. The number of carbonyl (C=O) groups excluding carboxylic acids is 2. The maximum Gasteiger partial charge on any atom is 0.273 e. The average Bonchev–Trinajstić information content (AvgIpc) is 3.20. The molecule has 0 bridgehead atoms. The first-order chi connectivity index (χ1) is 14.8. The monoisotopic (exact) mass is 449 g/mol. The van der Waals surface area contributed by atoms with Gasteiger partial charge in [0.05, 0.1) is 6.61 Å². The summed E-state index contributed by atoms with van der Waals surface area (Å²) in [5, 5.41) is 6.39. The van der Waals surface area contributed by atoms with Crippen LogP contribution in [0.1, 0.15) is 35.5 Å². The zero-order chi connectivity index (χ0) is 22.5. The zero-order valence-electron chi connectivity index (χ0n) is 17.4. The molecule has 1 saturated heterocycles. The Hall–Kier alpha value is -2.85. The maximum absolute atomic E-state index is 13.5. The molecule has 1 atom stereocenters. The smallest absolute Gasteiger partial charge is 0.273 e.